The average Bonchev–Trinajstić information content (AvgIpc) is 3.18. The Balaban J connectivity index is 1.61. The van der Waals surface area contributed by atoms with E-state index in [9.17, 15) is 0 Å². The lowest BCUT2D eigenvalue weighted by molar-refractivity contribution is 0.118. The highest BCUT2D eigenvalue weighted by molar-refractivity contribution is 6.31. The van der Waals surface area contributed by atoms with Gasteiger partial charge in [-0.25, -0.2) is 4.68 Å². The van der Waals surface area contributed by atoms with E-state index in [-0.39, 0.29) is 0 Å². The van der Waals surface area contributed by atoms with E-state index in [0.29, 0.717) is 23.1 Å². The van der Waals surface area contributed by atoms with Gasteiger partial charge in [-0.1, -0.05) is 11.6 Å². The number of nitrogens with two attached hydrogens (primary N) is 1. The van der Waals surface area contributed by atoms with Crippen LogP contribution in [0.1, 0.15) is 19.3 Å². The summed E-state index contributed by atoms with van der Waals surface area (Å²) in [7, 11) is 0. The number of nitrogen functional groups attached to an aromatic ring is 1. The van der Waals surface area contributed by atoms with Crippen molar-refractivity contribution in [2.45, 2.75) is 25.8 Å². The Hall–Kier alpha value is -1.66. The fourth-order valence-corrected chi connectivity index (χ4v) is 2.29. The van der Waals surface area contributed by atoms with E-state index in [4.69, 9.17) is 22.1 Å². The third-order valence-electron chi connectivity index (χ3n) is 3.50. The summed E-state index contributed by atoms with van der Waals surface area (Å²) in [6.45, 7) is 2.30. The second kappa shape index (κ2) is 6.41. The zero-order valence-electron chi connectivity index (χ0n) is 11.7. The van der Waals surface area contributed by atoms with Crippen molar-refractivity contribution in [3.63, 3.8) is 0 Å². The standard InChI is InChI=1S/C14H18ClN5O/c15-11-4-5-13(16)12(8-11)14-17-18-19-20(14)6-1-7-21-9-10-2-3-10/h4-5,8,10H,1-3,6-7,9,16H2. The number of hydrogen-bond acceptors (Lipinski definition) is 5. The van der Waals surface area contributed by atoms with Crippen LogP contribution >= 0.6 is 11.6 Å². The van der Waals surface area contributed by atoms with E-state index in [1.165, 1.54) is 12.8 Å². The van der Waals surface area contributed by atoms with E-state index in [2.05, 4.69) is 15.5 Å². The molecule has 7 heteroatoms. The summed E-state index contributed by atoms with van der Waals surface area (Å²) < 4.78 is 7.36. The van der Waals surface area contributed by atoms with E-state index in [0.717, 1.165) is 31.1 Å². The molecule has 2 aromatic rings. The summed E-state index contributed by atoms with van der Waals surface area (Å²) in [5.74, 6) is 1.43. The van der Waals surface area contributed by atoms with Crippen LogP contribution in [0.5, 0.6) is 0 Å². The molecule has 3 rings (SSSR count). The summed E-state index contributed by atoms with van der Waals surface area (Å²) in [6, 6.07) is 5.29. The van der Waals surface area contributed by atoms with Gasteiger partial charge in [0.05, 0.1) is 0 Å². The smallest absolute Gasteiger partial charge is 0.184 e. The predicted molar refractivity (Wildman–Crippen MR) is 80.8 cm³/mol. The molecule has 6 nitrogen and oxygen atoms in total. The number of hydrogen-bond donors (Lipinski definition) is 1. The van der Waals surface area contributed by atoms with E-state index < -0.39 is 0 Å². The number of rotatable bonds is 7. The molecule has 0 bridgehead atoms. The molecule has 1 aliphatic carbocycles. The third-order valence-corrected chi connectivity index (χ3v) is 3.73. The fourth-order valence-electron chi connectivity index (χ4n) is 2.12. The number of aromatic nitrogens is 4. The molecule has 0 saturated heterocycles. The molecule has 21 heavy (non-hydrogen) atoms. The first-order chi connectivity index (χ1) is 10.2. The van der Waals surface area contributed by atoms with E-state index >= 15 is 0 Å². The first-order valence-corrected chi connectivity index (χ1v) is 7.51. The largest absolute Gasteiger partial charge is 0.398 e. The lowest BCUT2D eigenvalue weighted by Crippen LogP contribution is -2.08. The van der Waals surface area contributed by atoms with Gasteiger partial charge in [0, 0.05) is 36.0 Å². The number of anilines is 1. The summed E-state index contributed by atoms with van der Waals surface area (Å²) in [4.78, 5) is 0. The second-order valence-electron chi connectivity index (χ2n) is 5.33. The zero-order chi connectivity index (χ0) is 14.7. The van der Waals surface area contributed by atoms with Crippen LogP contribution in [0, 0.1) is 5.92 Å². The number of benzene rings is 1. The van der Waals surface area contributed by atoms with Crippen molar-refractivity contribution in [2.75, 3.05) is 18.9 Å². The first-order valence-electron chi connectivity index (χ1n) is 7.13. The van der Waals surface area contributed by atoms with Crippen LogP contribution in [0.25, 0.3) is 11.4 Å². The molecule has 1 aromatic heterocycles. The van der Waals surface area contributed by atoms with Gasteiger partial charge in [-0.15, -0.1) is 5.10 Å². The summed E-state index contributed by atoms with van der Waals surface area (Å²) in [6.07, 6.45) is 3.49. The topological polar surface area (TPSA) is 78.9 Å². The second-order valence-corrected chi connectivity index (χ2v) is 5.77. The Labute approximate surface area is 128 Å². The molecule has 1 aliphatic rings. The number of ether oxygens (including phenoxy) is 1. The molecule has 112 valence electrons. The maximum Gasteiger partial charge on any atom is 0.184 e. The van der Waals surface area contributed by atoms with Gasteiger partial charge in [0.25, 0.3) is 0 Å². The number of tetrazole rings is 1. The summed E-state index contributed by atoms with van der Waals surface area (Å²) in [5, 5.41) is 12.4. The fraction of sp³-hybridized carbons (Fsp3) is 0.500. The number of halogens is 1. The highest BCUT2D eigenvalue weighted by Gasteiger charge is 2.21. The minimum Gasteiger partial charge on any atom is -0.398 e. The molecule has 0 atom stereocenters. The molecule has 0 radical (unpaired) electrons. The molecule has 0 aliphatic heterocycles. The van der Waals surface area contributed by atoms with Crippen LogP contribution in [0.4, 0.5) is 5.69 Å². The summed E-state index contributed by atoms with van der Waals surface area (Å²) >= 11 is 6.01. The molecule has 1 heterocycles. The SMILES string of the molecule is Nc1ccc(Cl)cc1-c1nnnn1CCCOCC1CC1. The normalized spacial score (nSPS) is 14.5. The van der Waals surface area contributed by atoms with Crippen LogP contribution in [-0.2, 0) is 11.3 Å². The van der Waals surface area contributed by atoms with Crippen molar-refractivity contribution in [1.82, 2.24) is 20.2 Å². The van der Waals surface area contributed by atoms with Crippen LogP contribution < -0.4 is 5.73 Å². The molecule has 0 unspecified atom stereocenters. The van der Waals surface area contributed by atoms with Crippen molar-refractivity contribution in [3.05, 3.63) is 23.2 Å². The van der Waals surface area contributed by atoms with Gasteiger partial charge in [-0.05, 0) is 53.8 Å². The van der Waals surface area contributed by atoms with Crippen molar-refractivity contribution in [3.8, 4) is 11.4 Å². The molecular formula is C14H18ClN5O. The Morgan fingerprint density at radius 2 is 2.24 bits per heavy atom. The molecular weight excluding hydrogens is 290 g/mol. The zero-order valence-corrected chi connectivity index (χ0v) is 12.5. The molecule has 0 spiro atoms. The number of nitrogens with zero attached hydrogens (tertiary/aromatic N) is 4. The maximum atomic E-state index is 6.01. The third kappa shape index (κ3) is 3.71. The Morgan fingerprint density at radius 3 is 3.05 bits per heavy atom. The van der Waals surface area contributed by atoms with Gasteiger partial charge < -0.3 is 10.5 Å². The van der Waals surface area contributed by atoms with Gasteiger partial charge in [0.15, 0.2) is 5.82 Å². The summed E-state index contributed by atoms with van der Waals surface area (Å²) in [5.41, 5.74) is 7.34. The van der Waals surface area contributed by atoms with Crippen LogP contribution in [0.3, 0.4) is 0 Å². The van der Waals surface area contributed by atoms with Gasteiger partial charge in [0.1, 0.15) is 0 Å². The quantitative estimate of drug-likeness (QED) is 0.627. The predicted octanol–water partition coefficient (Wildman–Crippen LogP) is 2.39. The monoisotopic (exact) mass is 307 g/mol. The molecule has 2 N–H and O–H groups in total. The molecule has 1 fully saturated rings. The molecule has 1 aromatic carbocycles. The van der Waals surface area contributed by atoms with Crippen molar-refractivity contribution < 1.29 is 4.74 Å². The average molecular weight is 308 g/mol. The van der Waals surface area contributed by atoms with Crippen molar-refractivity contribution in [1.29, 1.82) is 0 Å². The van der Waals surface area contributed by atoms with Crippen molar-refractivity contribution >= 4 is 17.3 Å². The Morgan fingerprint density at radius 1 is 1.38 bits per heavy atom. The van der Waals surface area contributed by atoms with Gasteiger partial charge >= 0.3 is 0 Å². The highest BCUT2D eigenvalue weighted by Crippen LogP contribution is 2.29. The lowest BCUT2D eigenvalue weighted by Gasteiger charge is -2.08. The van der Waals surface area contributed by atoms with E-state index in [1.54, 1.807) is 22.9 Å². The first kappa shape index (κ1) is 14.3. The lowest BCUT2D eigenvalue weighted by atomic mass is 10.1. The molecule has 0 amide bonds. The van der Waals surface area contributed by atoms with Gasteiger partial charge in [0.2, 0.25) is 0 Å². The minimum absolute atomic E-state index is 0.612. The van der Waals surface area contributed by atoms with Crippen LogP contribution in [0.15, 0.2) is 18.2 Å². The number of aryl methyl sites for hydroxylation is 1. The van der Waals surface area contributed by atoms with Crippen LogP contribution in [-0.4, -0.2) is 33.4 Å². The highest BCUT2D eigenvalue weighted by atomic mass is 35.5. The maximum absolute atomic E-state index is 6.01. The minimum atomic E-state index is 0.612. The van der Waals surface area contributed by atoms with E-state index in [1.807, 2.05) is 0 Å². The Kier molecular flexibility index (Phi) is 4.36. The molecule has 1 saturated carbocycles. The van der Waals surface area contributed by atoms with Gasteiger partial charge in [-0.2, -0.15) is 0 Å². The van der Waals surface area contributed by atoms with Gasteiger partial charge in [-0.3, -0.25) is 0 Å². The van der Waals surface area contributed by atoms with Crippen LogP contribution in [0.2, 0.25) is 5.02 Å². The van der Waals surface area contributed by atoms with Crippen molar-refractivity contribution in [2.24, 2.45) is 5.92 Å². The Bertz CT molecular complexity index is 611.